The lowest BCUT2D eigenvalue weighted by Crippen LogP contribution is -1.94. The molecule has 0 saturated heterocycles. The summed E-state index contributed by atoms with van der Waals surface area (Å²) in [5.74, 6) is 0. The second-order valence-corrected chi connectivity index (χ2v) is 9.41. The Morgan fingerprint density at radius 3 is 2.18 bits per heavy atom. The second kappa shape index (κ2) is 7.74. The third kappa shape index (κ3) is 3.24. The van der Waals surface area contributed by atoms with Gasteiger partial charge in [0.1, 0.15) is 0 Å². The van der Waals surface area contributed by atoms with Crippen LogP contribution in [0.2, 0.25) is 0 Å². The maximum Gasteiger partial charge on any atom is 0.0465 e. The zero-order valence-electron chi connectivity index (χ0n) is 19.0. The van der Waals surface area contributed by atoms with Crippen molar-refractivity contribution in [1.29, 1.82) is 0 Å². The van der Waals surface area contributed by atoms with Gasteiger partial charge in [-0.05, 0) is 94.1 Å². The van der Waals surface area contributed by atoms with Gasteiger partial charge in [0.05, 0.1) is 0 Å². The van der Waals surface area contributed by atoms with E-state index in [1.54, 1.807) is 0 Å². The number of hydrogen-bond acceptors (Lipinski definition) is 0. The number of nitrogens with one attached hydrogen (secondary N) is 1. The lowest BCUT2D eigenvalue weighted by molar-refractivity contribution is 0.986. The molecule has 0 aliphatic heterocycles. The minimum Gasteiger partial charge on any atom is -0.355 e. The van der Waals surface area contributed by atoms with Crippen molar-refractivity contribution in [3.8, 4) is 11.1 Å². The molecule has 34 heavy (non-hydrogen) atoms. The molecule has 0 saturated carbocycles. The monoisotopic (exact) mass is 435 g/mol. The summed E-state index contributed by atoms with van der Waals surface area (Å²) in [6.45, 7) is 0. The van der Waals surface area contributed by atoms with E-state index >= 15 is 0 Å². The van der Waals surface area contributed by atoms with Gasteiger partial charge in [-0.1, -0.05) is 78.9 Å². The van der Waals surface area contributed by atoms with Gasteiger partial charge < -0.3 is 4.98 Å². The number of fused-ring (bicyclic) bond motifs is 5. The summed E-state index contributed by atoms with van der Waals surface area (Å²) < 4.78 is 0. The van der Waals surface area contributed by atoms with E-state index in [1.165, 1.54) is 66.3 Å². The highest BCUT2D eigenvalue weighted by Gasteiger charge is 2.12. The number of allylic oxidation sites excluding steroid dienone is 3. The molecule has 7 rings (SSSR count). The lowest BCUT2D eigenvalue weighted by atomic mass is 9.93. The molecule has 2 aliphatic carbocycles. The second-order valence-electron chi connectivity index (χ2n) is 9.41. The summed E-state index contributed by atoms with van der Waals surface area (Å²) in [7, 11) is 0. The van der Waals surface area contributed by atoms with Crippen molar-refractivity contribution in [3.05, 3.63) is 119 Å². The first kappa shape index (κ1) is 19.4. The van der Waals surface area contributed by atoms with E-state index in [-0.39, 0.29) is 0 Å². The minimum atomic E-state index is 0.941. The van der Waals surface area contributed by atoms with Gasteiger partial charge in [-0.3, -0.25) is 0 Å². The number of aryl methyl sites for hydroxylation is 1. The fourth-order valence-electron chi connectivity index (χ4n) is 5.44. The van der Waals surface area contributed by atoms with E-state index in [2.05, 4.69) is 114 Å². The molecule has 0 atom stereocenters. The van der Waals surface area contributed by atoms with Crippen LogP contribution in [0.4, 0.5) is 0 Å². The van der Waals surface area contributed by atoms with Gasteiger partial charge in [0.25, 0.3) is 0 Å². The van der Waals surface area contributed by atoms with E-state index in [9.17, 15) is 0 Å². The zero-order chi connectivity index (χ0) is 22.5. The molecule has 2 aliphatic rings. The van der Waals surface area contributed by atoms with Crippen LogP contribution in [0.25, 0.3) is 56.7 Å². The number of benzene rings is 4. The number of aromatic amines is 1. The fourth-order valence-corrected chi connectivity index (χ4v) is 5.44. The number of hydrogen-bond donors (Lipinski definition) is 1. The van der Waals surface area contributed by atoms with Gasteiger partial charge in [0.15, 0.2) is 0 Å². The quantitative estimate of drug-likeness (QED) is 0.285. The molecule has 1 N–H and O–H groups in total. The molecule has 0 fully saturated rings. The van der Waals surface area contributed by atoms with E-state index in [0.717, 1.165) is 19.3 Å². The Labute approximate surface area is 199 Å². The Bertz CT molecular complexity index is 1670. The normalized spacial score (nSPS) is 14.6. The van der Waals surface area contributed by atoms with Crippen LogP contribution in [0.15, 0.2) is 91.0 Å². The van der Waals surface area contributed by atoms with Crippen LogP contribution in [-0.2, 0) is 6.42 Å². The Morgan fingerprint density at radius 1 is 0.588 bits per heavy atom. The van der Waals surface area contributed by atoms with Crippen molar-refractivity contribution in [2.75, 3.05) is 0 Å². The highest BCUT2D eigenvalue weighted by atomic mass is 14.7. The summed E-state index contributed by atoms with van der Waals surface area (Å²) in [6, 6.07) is 29.2. The molecule has 0 bridgehead atoms. The molecule has 0 amide bonds. The van der Waals surface area contributed by atoms with Crippen molar-refractivity contribution >= 4 is 45.6 Å². The van der Waals surface area contributed by atoms with E-state index in [0.29, 0.717) is 0 Å². The van der Waals surface area contributed by atoms with Crippen molar-refractivity contribution in [2.24, 2.45) is 0 Å². The van der Waals surface area contributed by atoms with E-state index < -0.39 is 0 Å². The summed E-state index contributed by atoms with van der Waals surface area (Å²) in [4.78, 5) is 3.62. The molecule has 4 aromatic carbocycles. The smallest absolute Gasteiger partial charge is 0.0465 e. The highest BCUT2D eigenvalue weighted by Crippen LogP contribution is 2.35. The van der Waals surface area contributed by atoms with Crippen LogP contribution in [0.1, 0.15) is 40.7 Å². The largest absolute Gasteiger partial charge is 0.355 e. The molecule has 1 heteroatoms. The molecular weight excluding hydrogens is 410 g/mol. The van der Waals surface area contributed by atoms with Crippen LogP contribution in [0.3, 0.4) is 0 Å². The van der Waals surface area contributed by atoms with E-state index in [4.69, 9.17) is 0 Å². The minimum absolute atomic E-state index is 0.941. The maximum atomic E-state index is 3.62. The van der Waals surface area contributed by atoms with Crippen LogP contribution in [0.5, 0.6) is 0 Å². The average Bonchev–Trinajstić information content (AvgIpc) is 3.11. The topological polar surface area (TPSA) is 15.8 Å². The van der Waals surface area contributed by atoms with Crippen LogP contribution in [0, 0.1) is 0 Å². The van der Waals surface area contributed by atoms with E-state index in [1.807, 2.05) is 0 Å². The number of rotatable bonds is 2. The number of H-pyrrole nitrogens is 1. The maximum absolute atomic E-state index is 3.62. The van der Waals surface area contributed by atoms with Crippen molar-refractivity contribution in [3.63, 3.8) is 0 Å². The molecule has 1 heterocycles. The predicted octanol–water partition coefficient (Wildman–Crippen LogP) is 8.90. The van der Waals surface area contributed by atoms with Gasteiger partial charge in [-0.2, -0.15) is 0 Å². The average molecular weight is 436 g/mol. The summed E-state index contributed by atoms with van der Waals surface area (Å²) in [5, 5.41) is 2.57. The lowest BCUT2D eigenvalue weighted by Gasteiger charge is -2.12. The van der Waals surface area contributed by atoms with Crippen LogP contribution >= 0.6 is 0 Å². The summed E-state index contributed by atoms with van der Waals surface area (Å²) in [5.41, 5.74) is 13.0. The molecule has 1 nitrogen and oxygen atoms in total. The van der Waals surface area contributed by atoms with Gasteiger partial charge >= 0.3 is 0 Å². The predicted molar refractivity (Wildman–Crippen MR) is 147 cm³/mol. The zero-order valence-corrected chi connectivity index (χ0v) is 19.0. The number of aromatic nitrogens is 1. The van der Waals surface area contributed by atoms with Gasteiger partial charge in [0, 0.05) is 21.8 Å². The SMILES string of the molecule is C1=Cc2cc(-c3ccc4[nH]c5ccc(C6=Cc7ccccc7C=CC6)cc5c4c3)ccc2CC1. The molecule has 1 aromatic heterocycles. The van der Waals surface area contributed by atoms with Crippen LogP contribution < -0.4 is 0 Å². The molecule has 5 aromatic rings. The Morgan fingerprint density at radius 2 is 1.29 bits per heavy atom. The standard InChI is InChI=1S/C33H25N/c1-3-8-24-18-26(11-5-10-22(24)6-1)28-14-16-32-30(20-28)31-21-29(15-17-33(31)34-32)27-13-12-23-7-2-4-9-25(23)19-27/h1,3-6,8-10,12-21,34H,2,7,11H2. The van der Waals surface area contributed by atoms with Crippen molar-refractivity contribution < 1.29 is 0 Å². The summed E-state index contributed by atoms with van der Waals surface area (Å²) in [6.07, 6.45) is 14.6. The molecule has 0 unspecified atom stereocenters. The Kier molecular flexibility index (Phi) is 4.41. The molecular formula is C33H25N. The van der Waals surface area contributed by atoms with Crippen molar-refractivity contribution in [2.45, 2.75) is 19.3 Å². The van der Waals surface area contributed by atoms with Crippen LogP contribution in [-0.4, -0.2) is 4.98 Å². The van der Waals surface area contributed by atoms with Gasteiger partial charge in [-0.25, -0.2) is 0 Å². The highest BCUT2D eigenvalue weighted by molar-refractivity contribution is 6.09. The Hall–Kier alpha value is -4.10. The van der Waals surface area contributed by atoms with Crippen molar-refractivity contribution in [1.82, 2.24) is 4.98 Å². The third-order valence-electron chi connectivity index (χ3n) is 7.29. The first-order valence-electron chi connectivity index (χ1n) is 12.1. The summed E-state index contributed by atoms with van der Waals surface area (Å²) >= 11 is 0. The Balaban J connectivity index is 1.35. The molecule has 0 radical (unpaired) electrons. The van der Waals surface area contributed by atoms with Gasteiger partial charge in [-0.15, -0.1) is 0 Å². The fraction of sp³-hybridized carbons (Fsp3) is 0.0909. The first-order valence-corrected chi connectivity index (χ1v) is 12.1. The third-order valence-corrected chi connectivity index (χ3v) is 7.29. The first-order chi connectivity index (χ1) is 16.8. The molecule has 0 spiro atoms. The molecule has 162 valence electrons. The van der Waals surface area contributed by atoms with Gasteiger partial charge in [0.2, 0.25) is 0 Å².